The van der Waals surface area contributed by atoms with E-state index in [1.807, 2.05) is 0 Å². The Kier molecular flexibility index (Phi) is 3.67. The van der Waals surface area contributed by atoms with Gasteiger partial charge in [-0.25, -0.2) is 9.97 Å². The van der Waals surface area contributed by atoms with Crippen LogP contribution >= 0.6 is 0 Å². The van der Waals surface area contributed by atoms with E-state index >= 15 is 0 Å². The maximum Gasteiger partial charge on any atom is 0.433 e. The summed E-state index contributed by atoms with van der Waals surface area (Å²) in [5, 5.41) is 3.95. The van der Waals surface area contributed by atoms with Crippen LogP contribution in [-0.4, -0.2) is 36.1 Å². The number of hydrogen-bond donors (Lipinski definition) is 1. The van der Waals surface area contributed by atoms with Crippen LogP contribution in [0, 0.1) is 0 Å². The highest BCUT2D eigenvalue weighted by molar-refractivity contribution is 5.89. The average molecular weight is 296 g/mol. The molecule has 0 atom stereocenters. The Hall–Kier alpha value is -1.89. The molecule has 4 nitrogen and oxygen atoms in total. The fraction of sp³-hybridized carbons (Fsp3) is 0.429. The van der Waals surface area contributed by atoms with Crippen molar-refractivity contribution in [3.8, 4) is 0 Å². The lowest BCUT2D eigenvalue weighted by molar-refractivity contribution is -0.140. The van der Waals surface area contributed by atoms with Crippen LogP contribution in [0.3, 0.4) is 0 Å². The van der Waals surface area contributed by atoms with E-state index in [0.717, 1.165) is 38.7 Å². The number of pyridine rings is 2. The summed E-state index contributed by atoms with van der Waals surface area (Å²) >= 11 is 0. The van der Waals surface area contributed by atoms with E-state index < -0.39 is 11.9 Å². The third kappa shape index (κ3) is 2.92. The number of fused-ring (bicyclic) bond motifs is 1. The van der Waals surface area contributed by atoms with E-state index in [9.17, 15) is 13.2 Å². The molecule has 112 valence electrons. The summed E-state index contributed by atoms with van der Waals surface area (Å²) in [7, 11) is 0. The van der Waals surface area contributed by atoms with Crippen molar-refractivity contribution in [2.75, 3.05) is 31.1 Å². The first-order valence-corrected chi connectivity index (χ1v) is 6.84. The highest BCUT2D eigenvalue weighted by atomic mass is 19.4. The summed E-state index contributed by atoms with van der Waals surface area (Å²) in [6.45, 7) is 3.40. The fourth-order valence-electron chi connectivity index (χ4n) is 2.51. The van der Waals surface area contributed by atoms with Gasteiger partial charge in [0.05, 0.1) is 5.52 Å². The topological polar surface area (TPSA) is 41.0 Å². The van der Waals surface area contributed by atoms with Crippen molar-refractivity contribution in [2.24, 2.45) is 0 Å². The van der Waals surface area contributed by atoms with Crippen LogP contribution in [0.4, 0.5) is 19.0 Å². The molecule has 0 saturated carbocycles. The van der Waals surface area contributed by atoms with Gasteiger partial charge in [0.25, 0.3) is 0 Å². The van der Waals surface area contributed by atoms with Gasteiger partial charge in [-0.05, 0) is 31.2 Å². The second-order valence-corrected chi connectivity index (χ2v) is 4.99. The number of nitrogens with one attached hydrogen (secondary N) is 1. The van der Waals surface area contributed by atoms with Gasteiger partial charge in [0.15, 0.2) is 0 Å². The molecule has 1 fully saturated rings. The molecule has 1 aliphatic heterocycles. The predicted octanol–water partition coefficient (Wildman–Crippen LogP) is 2.45. The maximum absolute atomic E-state index is 12.7. The third-order valence-electron chi connectivity index (χ3n) is 3.52. The van der Waals surface area contributed by atoms with Crippen LogP contribution in [0.1, 0.15) is 12.1 Å². The molecule has 7 heteroatoms. The van der Waals surface area contributed by atoms with E-state index in [2.05, 4.69) is 20.2 Å². The number of hydrogen-bond acceptors (Lipinski definition) is 4. The molecule has 0 unspecified atom stereocenters. The molecule has 2 aromatic heterocycles. The Morgan fingerprint density at radius 3 is 2.76 bits per heavy atom. The number of nitrogens with zero attached hydrogens (tertiary/aromatic N) is 3. The second-order valence-electron chi connectivity index (χ2n) is 4.99. The minimum Gasteiger partial charge on any atom is -0.355 e. The largest absolute Gasteiger partial charge is 0.433 e. The molecule has 0 amide bonds. The van der Waals surface area contributed by atoms with E-state index in [4.69, 9.17) is 0 Å². The van der Waals surface area contributed by atoms with E-state index in [-0.39, 0.29) is 0 Å². The van der Waals surface area contributed by atoms with Crippen LogP contribution in [-0.2, 0) is 6.18 Å². The standard InChI is InChI=1S/C14H15F3N4/c15-14(16,17)12-3-2-10-11(20-12)4-6-19-13(10)21-8-1-5-18-7-9-21/h2-4,6,18H,1,5,7-9H2. The van der Waals surface area contributed by atoms with E-state index in [1.165, 1.54) is 18.3 Å². The minimum absolute atomic E-state index is 0.326. The SMILES string of the molecule is FC(F)(F)c1ccc2c(N3CCCNCC3)nccc2n1. The summed E-state index contributed by atoms with van der Waals surface area (Å²) < 4.78 is 38.2. The van der Waals surface area contributed by atoms with Gasteiger partial charge >= 0.3 is 6.18 Å². The Bertz CT molecular complexity index is 634. The summed E-state index contributed by atoms with van der Waals surface area (Å²) in [5.74, 6) is 0.706. The van der Waals surface area contributed by atoms with Gasteiger partial charge < -0.3 is 10.2 Å². The first-order chi connectivity index (χ1) is 10.1. The smallest absolute Gasteiger partial charge is 0.355 e. The van der Waals surface area contributed by atoms with Crippen LogP contribution in [0.15, 0.2) is 24.4 Å². The highest BCUT2D eigenvalue weighted by Gasteiger charge is 2.32. The second kappa shape index (κ2) is 5.48. The average Bonchev–Trinajstić information content (AvgIpc) is 2.74. The van der Waals surface area contributed by atoms with Gasteiger partial charge in [0.2, 0.25) is 0 Å². The highest BCUT2D eigenvalue weighted by Crippen LogP contribution is 2.31. The molecule has 2 aromatic rings. The lowest BCUT2D eigenvalue weighted by atomic mass is 10.2. The molecule has 3 heterocycles. The molecule has 21 heavy (non-hydrogen) atoms. The van der Waals surface area contributed by atoms with Crippen molar-refractivity contribution in [1.29, 1.82) is 0 Å². The molecule has 1 saturated heterocycles. The molecule has 1 N–H and O–H groups in total. The molecule has 0 bridgehead atoms. The van der Waals surface area contributed by atoms with Gasteiger partial charge in [-0.3, -0.25) is 0 Å². The lowest BCUT2D eigenvalue weighted by Gasteiger charge is -2.22. The van der Waals surface area contributed by atoms with Crippen LogP contribution in [0.5, 0.6) is 0 Å². The normalized spacial score (nSPS) is 17.0. The molecular formula is C14H15F3N4. The van der Waals surface area contributed by atoms with Gasteiger partial charge in [-0.15, -0.1) is 0 Å². The molecule has 1 aliphatic rings. The zero-order valence-corrected chi connectivity index (χ0v) is 11.3. The Balaban J connectivity index is 2.03. The molecule has 3 rings (SSSR count). The number of anilines is 1. The molecule has 0 aromatic carbocycles. The Morgan fingerprint density at radius 2 is 1.95 bits per heavy atom. The molecule has 0 radical (unpaired) electrons. The fourth-order valence-corrected chi connectivity index (χ4v) is 2.51. The lowest BCUT2D eigenvalue weighted by Crippen LogP contribution is -2.28. The Morgan fingerprint density at radius 1 is 1.10 bits per heavy atom. The molecular weight excluding hydrogens is 281 g/mol. The van der Waals surface area contributed by atoms with Crippen molar-refractivity contribution >= 4 is 16.7 Å². The van der Waals surface area contributed by atoms with Crippen LogP contribution < -0.4 is 10.2 Å². The molecule has 0 aliphatic carbocycles. The van der Waals surface area contributed by atoms with Crippen molar-refractivity contribution in [3.05, 3.63) is 30.1 Å². The number of alkyl halides is 3. The van der Waals surface area contributed by atoms with E-state index in [1.54, 1.807) is 0 Å². The number of rotatable bonds is 1. The van der Waals surface area contributed by atoms with Crippen molar-refractivity contribution in [1.82, 2.24) is 15.3 Å². The minimum atomic E-state index is -4.43. The third-order valence-corrected chi connectivity index (χ3v) is 3.52. The predicted molar refractivity (Wildman–Crippen MR) is 74.2 cm³/mol. The van der Waals surface area contributed by atoms with Crippen molar-refractivity contribution in [3.63, 3.8) is 0 Å². The first-order valence-electron chi connectivity index (χ1n) is 6.84. The number of aromatic nitrogens is 2. The summed E-state index contributed by atoms with van der Waals surface area (Å²) in [5.41, 5.74) is -0.545. The van der Waals surface area contributed by atoms with Crippen LogP contribution in [0.25, 0.3) is 10.9 Å². The summed E-state index contributed by atoms with van der Waals surface area (Å²) in [6.07, 6.45) is -1.93. The molecule has 0 spiro atoms. The zero-order valence-electron chi connectivity index (χ0n) is 11.3. The zero-order chi connectivity index (χ0) is 14.9. The Labute approximate surface area is 120 Å². The first kappa shape index (κ1) is 14.1. The van der Waals surface area contributed by atoms with E-state index in [0.29, 0.717) is 16.7 Å². The van der Waals surface area contributed by atoms with Gasteiger partial charge in [0.1, 0.15) is 11.5 Å². The van der Waals surface area contributed by atoms with Gasteiger partial charge in [-0.1, -0.05) is 0 Å². The van der Waals surface area contributed by atoms with Crippen molar-refractivity contribution < 1.29 is 13.2 Å². The maximum atomic E-state index is 12.7. The summed E-state index contributed by atoms with van der Waals surface area (Å²) in [6, 6.07) is 4.00. The monoisotopic (exact) mass is 296 g/mol. The van der Waals surface area contributed by atoms with Crippen LogP contribution in [0.2, 0.25) is 0 Å². The quantitative estimate of drug-likeness (QED) is 0.877. The van der Waals surface area contributed by atoms with Gasteiger partial charge in [-0.2, -0.15) is 13.2 Å². The van der Waals surface area contributed by atoms with Gasteiger partial charge in [0, 0.05) is 31.2 Å². The summed E-state index contributed by atoms with van der Waals surface area (Å²) in [4.78, 5) is 10.2. The number of halogens is 3. The van der Waals surface area contributed by atoms with Crippen molar-refractivity contribution in [2.45, 2.75) is 12.6 Å².